The highest BCUT2D eigenvalue weighted by Gasteiger charge is 2.37. The molecule has 0 saturated heterocycles. The average molecular weight is 401 g/mol. The molecule has 0 aromatic heterocycles. The van der Waals surface area contributed by atoms with Gasteiger partial charge in [0.15, 0.2) is 15.6 Å². The van der Waals surface area contributed by atoms with Crippen LogP contribution in [-0.4, -0.2) is 37.1 Å². The SMILES string of the molecule is CCCCc1ccc2c(c1)C(=O)N(c1cccc(S(=O)(=O)CC(=O)O)c1)C2=O. The topological polar surface area (TPSA) is 109 Å². The number of anilines is 1. The lowest BCUT2D eigenvalue weighted by Gasteiger charge is -2.15. The van der Waals surface area contributed by atoms with Gasteiger partial charge < -0.3 is 5.11 Å². The number of unbranched alkanes of at least 4 members (excludes halogenated alkanes) is 1. The fraction of sp³-hybridized carbons (Fsp3) is 0.250. The van der Waals surface area contributed by atoms with E-state index in [1.165, 1.54) is 18.2 Å². The van der Waals surface area contributed by atoms with Crippen LogP contribution >= 0.6 is 0 Å². The van der Waals surface area contributed by atoms with Crippen LogP contribution in [0.4, 0.5) is 5.69 Å². The minimum Gasteiger partial charge on any atom is -0.480 e. The molecule has 0 unspecified atom stereocenters. The molecule has 0 bridgehead atoms. The number of carbonyl (C=O) groups is 3. The Morgan fingerprint density at radius 1 is 1.04 bits per heavy atom. The molecule has 1 heterocycles. The number of fused-ring (bicyclic) bond motifs is 1. The van der Waals surface area contributed by atoms with Gasteiger partial charge in [0, 0.05) is 0 Å². The van der Waals surface area contributed by atoms with Gasteiger partial charge in [-0.15, -0.1) is 0 Å². The molecular weight excluding hydrogens is 382 g/mol. The quantitative estimate of drug-likeness (QED) is 0.715. The summed E-state index contributed by atoms with van der Waals surface area (Å²) < 4.78 is 24.3. The predicted octanol–water partition coefficient (Wildman–Crippen LogP) is 2.69. The van der Waals surface area contributed by atoms with E-state index < -0.39 is 33.4 Å². The van der Waals surface area contributed by atoms with Crippen LogP contribution in [-0.2, 0) is 21.1 Å². The van der Waals surface area contributed by atoms with E-state index in [-0.39, 0.29) is 21.7 Å². The molecule has 1 N–H and O–H groups in total. The second-order valence-corrected chi connectivity index (χ2v) is 8.57. The van der Waals surface area contributed by atoms with E-state index in [9.17, 15) is 22.8 Å². The molecule has 3 rings (SSSR count). The minimum atomic E-state index is -4.08. The lowest BCUT2D eigenvalue weighted by atomic mass is 10.0. The average Bonchev–Trinajstić information content (AvgIpc) is 2.89. The van der Waals surface area contributed by atoms with Gasteiger partial charge in [0.05, 0.1) is 21.7 Å². The van der Waals surface area contributed by atoms with Gasteiger partial charge in [0.1, 0.15) is 0 Å². The van der Waals surface area contributed by atoms with E-state index in [0.29, 0.717) is 0 Å². The first kappa shape index (κ1) is 19.8. The number of nitrogens with zero attached hydrogens (tertiary/aromatic N) is 1. The summed E-state index contributed by atoms with van der Waals surface area (Å²) >= 11 is 0. The van der Waals surface area contributed by atoms with Crippen molar-refractivity contribution in [3.05, 3.63) is 59.2 Å². The number of aliphatic carboxylic acids is 1. The number of carbonyl (C=O) groups excluding carboxylic acids is 2. The lowest BCUT2D eigenvalue weighted by Crippen LogP contribution is -2.29. The molecular formula is C20H19NO6S. The van der Waals surface area contributed by atoms with Crippen molar-refractivity contribution in [2.45, 2.75) is 31.1 Å². The first-order chi connectivity index (χ1) is 13.2. The third kappa shape index (κ3) is 3.68. The maximum atomic E-state index is 12.8. The summed E-state index contributed by atoms with van der Waals surface area (Å²) in [6.07, 6.45) is 2.77. The first-order valence-corrected chi connectivity index (χ1v) is 10.5. The van der Waals surface area contributed by atoms with Crippen LogP contribution in [0.15, 0.2) is 47.4 Å². The molecule has 0 aliphatic carbocycles. The molecule has 28 heavy (non-hydrogen) atoms. The normalized spacial score (nSPS) is 13.7. The Hall–Kier alpha value is -3.00. The van der Waals surface area contributed by atoms with E-state index in [0.717, 1.165) is 35.8 Å². The molecule has 8 heteroatoms. The first-order valence-electron chi connectivity index (χ1n) is 8.81. The Bertz CT molecular complexity index is 1070. The van der Waals surface area contributed by atoms with Gasteiger partial charge in [-0.2, -0.15) is 0 Å². The van der Waals surface area contributed by atoms with E-state index in [4.69, 9.17) is 5.11 Å². The second-order valence-electron chi connectivity index (χ2n) is 6.58. The molecule has 0 radical (unpaired) electrons. The Kier molecular flexibility index (Phi) is 5.33. The maximum absolute atomic E-state index is 12.8. The summed E-state index contributed by atoms with van der Waals surface area (Å²) in [6, 6.07) is 10.3. The van der Waals surface area contributed by atoms with Gasteiger partial charge >= 0.3 is 5.97 Å². The van der Waals surface area contributed by atoms with Crippen molar-refractivity contribution in [2.24, 2.45) is 0 Å². The highest BCUT2D eigenvalue weighted by atomic mass is 32.2. The molecule has 0 spiro atoms. The second kappa shape index (κ2) is 7.55. The van der Waals surface area contributed by atoms with Crippen LogP contribution in [0.3, 0.4) is 0 Å². The third-order valence-corrected chi connectivity index (χ3v) is 6.12. The van der Waals surface area contributed by atoms with Crippen molar-refractivity contribution in [3.8, 4) is 0 Å². The van der Waals surface area contributed by atoms with Crippen molar-refractivity contribution in [2.75, 3.05) is 10.7 Å². The van der Waals surface area contributed by atoms with E-state index in [1.54, 1.807) is 12.1 Å². The van der Waals surface area contributed by atoms with Crippen LogP contribution in [0.2, 0.25) is 0 Å². The molecule has 1 aliphatic rings. The lowest BCUT2D eigenvalue weighted by molar-refractivity contribution is -0.134. The summed E-state index contributed by atoms with van der Waals surface area (Å²) in [5.41, 5.74) is 1.61. The van der Waals surface area contributed by atoms with Crippen molar-refractivity contribution < 1.29 is 27.9 Å². The zero-order chi connectivity index (χ0) is 20.5. The molecule has 2 aromatic rings. The van der Waals surface area contributed by atoms with Crippen LogP contribution < -0.4 is 4.90 Å². The summed E-state index contributed by atoms with van der Waals surface area (Å²) in [7, 11) is -4.08. The monoisotopic (exact) mass is 401 g/mol. The number of rotatable bonds is 7. The number of hydrogen-bond acceptors (Lipinski definition) is 5. The smallest absolute Gasteiger partial charge is 0.319 e. The number of benzene rings is 2. The number of aryl methyl sites for hydroxylation is 1. The highest BCUT2D eigenvalue weighted by Crippen LogP contribution is 2.30. The van der Waals surface area contributed by atoms with Gasteiger partial charge in [0.2, 0.25) is 0 Å². The molecule has 0 fully saturated rings. The van der Waals surface area contributed by atoms with E-state index in [1.807, 2.05) is 6.07 Å². The summed E-state index contributed by atoms with van der Waals surface area (Å²) in [4.78, 5) is 37.0. The minimum absolute atomic E-state index is 0.0905. The summed E-state index contributed by atoms with van der Waals surface area (Å²) in [5, 5.41) is 8.78. The summed E-state index contributed by atoms with van der Waals surface area (Å²) in [5.74, 6) is -3.61. The predicted molar refractivity (Wildman–Crippen MR) is 102 cm³/mol. The highest BCUT2D eigenvalue weighted by molar-refractivity contribution is 7.92. The van der Waals surface area contributed by atoms with E-state index >= 15 is 0 Å². The van der Waals surface area contributed by atoms with Crippen LogP contribution in [0.1, 0.15) is 46.0 Å². The standard InChI is InChI=1S/C20H19NO6S/c1-2-3-5-13-8-9-16-17(10-13)20(25)21(19(16)24)14-6-4-7-15(11-14)28(26,27)12-18(22)23/h4,6-11H,2-3,5,12H2,1H3,(H,22,23). The Balaban J connectivity index is 1.97. The van der Waals surface area contributed by atoms with Crippen molar-refractivity contribution in [1.29, 1.82) is 0 Å². The number of imide groups is 1. The largest absolute Gasteiger partial charge is 0.480 e. The zero-order valence-electron chi connectivity index (χ0n) is 15.2. The van der Waals surface area contributed by atoms with Gasteiger partial charge in [-0.05, 0) is 48.7 Å². The number of hydrogen-bond donors (Lipinski definition) is 1. The van der Waals surface area contributed by atoms with Crippen LogP contribution in [0.5, 0.6) is 0 Å². The van der Waals surface area contributed by atoms with E-state index in [2.05, 4.69) is 6.92 Å². The van der Waals surface area contributed by atoms with Crippen LogP contribution in [0, 0.1) is 0 Å². The molecule has 146 valence electrons. The zero-order valence-corrected chi connectivity index (χ0v) is 16.0. The Morgan fingerprint density at radius 3 is 2.43 bits per heavy atom. The fourth-order valence-corrected chi connectivity index (χ4v) is 4.20. The number of amides is 2. The molecule has 7 nitrogen and oxygen atoms in total. The fourth-order valence-electron chi connectivity index (χ4n) is 3.12. The van der Waals surface area contributed by atoms with Gasteiger partial charge in [-0.3, -0.25) is 14.4 Å². The van der Waals surface area contributed by atoms with Gasteiger partial charge in [-0.1, -0.05) is 25.5 Å². The Morgan fingerprint density at radius 2 is 1.75 bits per heavy atom. The van der Waals surface area contributed by atoms with Gasteiger partial charge in [0.25, 0.3) is 11.8 Å². The summed E-state index contributed by atoms with van der Waals surface area (Å²) in [6.45, 7) is 2.06. The van der Waals surface area contributed by atoms with Crippen LogP contribution in [0.25, 0.3) is 0 Å². The van der Waals surface area contributed by atoms with Crippen molar-refractivity contribution in [1.82, 2.24) is 0 Å². The molecule has 1 aliphatic heterocycles. The Labute approximate surface area is 162 Å². The molecule has 2 aromatic carbocycles. The van der Waals surface area contributed by atoms with Gasteiger partial charge in [-0.25, -0.2) is 13.3 Å². The number of carboxylic acid groups (broad SMARTS) is 1. The van der Waals surface area contributed by atoms with Crippen molar-refractivity contribution in [3.63, 3.8) is 0 Å². The molecule has 0 saturated carbocycles. The number of sulfone groups is 1. The third-order valence-electron chi connectivity index (χ3n) is 4.52. The molecule has 2 amide bonds. The number of carboxylic acids is 1. The maximum Gasteiger partial charge on any atom is 0.319 e. The molecule has 0 atom stereocenters. The van der Waals surface area contributed by atoms with Crippen molar-refractivity contribution >= 4 is 33.3 Å².